The van der Waals surface area contributed by atoms with E-state index in [1.807, 2.05) is 14.0 Å². The van der Waals surface area contributed by atoms with Gasteiger partial charge in [-0.05, 0) is 13.5 Å². The Labute approximate surface area is 199 Å². The molecule has 0 aromatic heterocycles. The minimum atomic E-state index is -0.0581. The largest absolute Gasteiger partial charge is 0.660 e. The van der Waals surface area contributed by atoms with Crippen LogP contribution in [-0.4, -0.2) is 56.1 Å². The van der Waals surface area contributed by atoms with Crippen LogP contribution < -0.4 is 5.32 Å². The predicted octanol–water partition coefficient (Wildman–Crippen LogP) is 5.51. The normalized spacial score (nSPS) is 10.1. The fraction of sp³-hybridized carbons (Fsp3) is 0.955. The van der Waals surface area contributed by atoms with Gasteiger partial charge in [0.05, 0.1) is 12.5 Å². The van der Waals surface area contributed by atoms with Gasteiger partial charge in [-0.15, -0.1) is 18.3 Å². The first-order chi connectivity index (χ1) is 13.7. The molecule has 29 heavy (non-hydrogen) atoms. The van der Waals surface area contributed by atoms with Crippen LogP contribution >= 0.6 is 11.8 Å². The number of ether oxygens (including phenoxy) is 1. The second-order valence-electron chi connectivity index (χ2n) is 6.91. The molecule has 176 valence electrons. The van der Waals surface area contributed by atoms with Crippen LogP contribution in [0.3, 0.4) is 0 Å². The minimum absolute atomic E-state index is 0. The first kappa shape index (κ1) is 34.0. The monoisotopic (exact) mass is 603 g/mol. The molecule has 0 spiro atoms. The summed E-state index contributed by atoms with van der Waals surface area (Å²) in [6.07, 6.45) is 14.9. The van der Waals surface area contributed by atoms with Gasteiger partial charge in [-0.25, -0.2) is 0 Å². The molecular formula is C22H47N2O3SW-. The number of rotatable bonds is 20. The van der Waals surface area contributed by atoms with Gasteiger partial charge in [-0.1, -0.05) is 78.1 Å². The molecule has 0 aromatic rings. The van der Waals surface area contributed by atoms with Gasteiger partial charge in [0.2, 0.25) is 0 Å². The molecule has 0 radical (unpaired) electrons. The SMILES string of the molecule is CCCCCCCCCCCCCC(=O)OCC[N-]CC.CNCCSCO.[W]. The number of hydrogen-bond donors (Lipinski definition) is 2. The molecule has 2 N–H and O–H groups in total. The van der Waals surface area contributed by atoms with E-state index in [9.17, 15) is 4.79 Å². The Morgan fingerprint density at radius 3 is 2.00 bits per heavy atom. The molecule has 0 saturated heterocycles. The van der Waals surface area contributed by atoms with E-state index in [2.05, 4.69) is 17.6 Å². The maximum Gasteiger partial charge on any atom is 0.305 e. The van der Waals surface area contributed by atoms with Crippen molar-refractivity contribution in [2.75, 3.05) is 45.0 Å². The number of aliphatic hydroxyl groups is 1. The second-order valence-corrected chi connectivity index (χ2v) is 7.99. The van der Waals surface area contributed by atoms with Crippen LogP contribution in [0.1, 0.15) is 90.9 Å². The van der Waals surface area contributed by atoms with Crippen LogP contribution in [0.25, 0.3) is 5.32 Å². The number of aliphatic hydroxyl groups excluding tert-OH is 1. The summed E-state index contributed by atoms with van der Waals surface area (Å²) in [6, 6.07) is 0. The molecule has 0 atom stereocenters. The number of hydrogen-bond acceptors (Lipinski definition) is 5. The van der Waals surface area contributed by atoms with Crippen LogP contribution in [0.5, 0.6) is 0 Å². The number of carbonyl (C=O) groups excluding carboxylic acids is 1. The van der Waals surface area contributed by atoms with Crippen molar-refractivity contribution in [1.82, 2.24) is 5.32 Å². The van der Waals surface area contributed by atoms with Crippen LogP contribution in [-0.2, 0) is 30.6 Å². The molecule has 0 aliphatic carbocycles. The molecule has 0 unspecified atom stereocenters. The zero-order chi connectivity index (χ0) is 21.1. The summed E-state index contributed by atoms with van der Waals surface area (Å²) >= 11 is 1.53. The number of nitrogens with one attached hydrogen (secondary N) is 1. The number of esters is 1. The van der Waals surface area contributed by atoms with Crippen LogP contribution in [0.15, 0.2) is 0 Å². The van der Waals surface area contributed by atoms with E-state index in [4.69, 9.17) is 9.84 Å². The van der Waals surface area contributed by atoms with Gasteiger partial charge in [-0.2, -0.15) is 6.54 Å². The Hall–Kier alpha value is 0.388. The standard InChI is InChI=1S/C18H36NO2.C4H11NOS.W/c1-3-5-6-7-8-9-10-11-12-13-14-15-18(20)21-17-16-19-4-2;1-5-2-3-7-4-6;/h3-17H2,1-2H3;5-6H,2-4H2,1H3;/q-1;;. The summed E-state index contributed by atoms with van der Waals surface area (Å²) in [4.78, 5) is 11.4. The van der Waals surface area contributed by atoms with Gasteiger partial charge < -0.3 is 20.5 Å². The molecule has 0 heterocycles. The molecular weight excluding hydrogens is 556 g/mol. The van der Waals surface area contributed by atoms with E-state index in [1.54, 1.807) is 0 Å². The Morgan fingerprint density at radius 2 is 1.52 bits per heavy atom. The number of unbranched alkanes of at least 4 members (excludes halogenated alkanes) is 10. The summed E-state index contributed by atoms with van der Waals surface area (Å²) < 4.78 is 5.10. The maximum atomic E-state index is 11.4. The fourth-order valence-electron chi connectivity index (χ4n) is 2.63. The van der Waals surface area contributed by atoms with Crippen LogP contribution in [0.2, 0.25) is 0 Å². The summed E-state index contributed by atoms with van der Waals surface area (Å²) in [5.74, 6) is 1.17. The van der Waals surface area contributed by atoms with E-state index >= 15 is 0 Å². The Kier molecular flexibility index (Phi) is 38.7. The van der Waals surface area contributed by atoms with Gasteiger partial charge in [0.25, 0.3) is 0 Å². The van der Waals surface area contributed by atoms with Gasteiger partial charge in [0.1, 0.15) is 0 Å². The summed E-state index contributed by atoms with van der Waals surface area (Å²) in [5.41, 5.74) is 0. The van der Waals surface area contributed by atoms with Crippen molar-refractivity contribution in [3.63, 3.8) is 0 Å². The average Bonchev–Trinajstić information content (AvgIpc) is 2.70. The topological polar surface area (TPSA) is 72.7 Å². The third kappa shape index (κ3) is 36.1. The molecule has 0 saturated carbocycles. The van der Waals surface area contributed by atoms with Crippen molar-refractivity contribution in [2.45, 2.75) is 90.9 Å². The van der Waals surface area contributed by atoms with Crippen molar-refractivity contribution in [3.05, 3.63) is 5.32 Å². The molecule has 0 amide bonds. The van der Waals surface area contributed by atoms with E-state index in [0.29, 0.717) is 19.6 Å². The molecule has 5 nitrogen and oxygen atoms in total. The van der Waals surface area contributed by atoms with E-state index < -0.39 is 0 Å². The molecule has 0 bridgehead atoms. The van der Waals surface area contributed by atoms with Crippen molar-refractivity contribution in [3.8, 4) is 0 Å². The average molecular weight is 604 g/mol. The van der Waals surface area contributed by atoms with E-state index in [-0.39, 0.29) is 33.0 Å². The quantitative estimate of drug-likeness (QED) is 0.109. The molecule has 0 fully saturated rings. The molecule has 7 heteroatoms. The number of carbonyl (C=O) groups is 1. The van der Waals surface area contributed by atoms with Crippen molar-refractivity contribution < 1.29 is 35.7 Å². The third-order valence-electron chi connectivity index (χ3n) is 4.31. The summed E-state index contributed by atoms with van der Waals surface area (Å²) in [5, 5.41) is 15.3. The first-order valence-electron chi connectivity index (χ1n) is 11.3. The summed E-state index contributed by atoms with van der Waals surface area (Å²) in [6.45, 7) is 7.12. The zero-order valence-electron chi connectivity index (χ0n) is 19.3. The smallest absolute Gasteiger partial charge is 0.305 e. The predicted molar refractivity (Wildman–Crippen MR) is 124 cm³/mol. The van der Waals surface area contributed by atoms with Gasteiger partial charge in [-0.3, -0.25) is 4.79 Å². The zero-order valence-corrected chi connectivity index (χ0v) is 23.0. The Balaban J connectivity index is -0.000000721. The van der Waals surface area contributed by atoms with E-state index in [0.717, 1.165) is 31.7 Å². The molecule has 0 aliphatic heterocycles. The van der Waals surface area contributed by atoms with Crippen molar-refractivity contribution >= 4 is 17.7 Å². The maximum absolute atomic E-state index is 11.4. The number of thioether (sulfide) groups is 1. The molecule has 0 aliphatic rings. The van der Waals surface area contributed by atoms with Crippen LogP contribution in [0.4, 0.5) is 0 Å². The minimum Gasteiger partial charge on any atom is -0.660 e. The van der Waals surface area contributed by atoms with Crippen LogP contribution in [0, 0.1) is 0 Å². The van der Waals surface area contributed by atoms with Crippen molar-refractivity contribution in [2.24, 2.45) is 0 Å². The van der Waals surface area contributed by atoms with E-state index in [1.165, 1.54) is 69.5 Å². The molecule has 0 rings (SSSR count). The third-order valence-corrected chi connectivity index (χ3v) is 4.98. The molecule has 0 aromatic carbocycles. The Bertz CT molecular complexity index is 297. The van der Waals surface area contributed by atoms with Gasteiger partial charge in [0, 0.05) is 39.8 Å². The first-order valence-corrected chi connectivity index (χ1v) is 12.5. The van der Waals surface area contributed by atoms with Gasteiger partial charge >= 0.3 is 5.97 Å². The summed E-state index contributed by atoms with van der Waals surface area (Å²) in [7, 11) is 1.90. The van der Waals surface area contributed by atoms with Gasteiger partial charge in [0.15, 0.2) is 0 Å². The Morgan fingerprint density at radius 1 is 0.966 bits per heavy atom. The fourth-order valence-corrected chi connectivity index (χ4v) is 3.10. The number of likely N-dealkylation sites (N-methyl/N-ethyl adjacent to an activating group) is 1. The van der Waals surface area contributed by atoms with Crippen molar-refractivity contribution in [1.29, 1.82) is 0 Å². The number of nitrogens with zero attached hydrogens (tertiary/aromatic N) is 1. The second kappa shape index (κ2) is 33.0.